The summed E-state index contributed by atoms with van der Waals surface area (Å²) in [5.74, 6) is -1.55. The Labute approximate surface area is 140 Å². The van der Waals surface area contributed by atoms with Gasteiger partial charge in [0.25, 0.3) is 0 Å². The van der Waals surface area contributed by atoms with E-state index in [-0.39, 0.29) is 17.7 Å². The molecule has 0 aromatic heterocycles. The van der Waals surface area contributed by atoms with Gasteiger partial charge in [-0.2, -0.15) is 10.5 Å². The second-order valence-corrected chi connectivity index (χ2v) is 6.79. The normalized spacial score (nSPS) is 21.0. The Hall–Kier alpha value is -2.03. The van der Waals surface area contributed by atoms with Crippen molar-refractivity contribution in [1.29, 1.82) is 10.5 Å². The molecular weight excluding hydrogens is 316 g/mol. The monoisotopic (exact) mass is 336 g/mol. The van der Waals surface area contributed by atoms with E-state index < -0.39 is 17.2 Å². The maximum atomic E-state index is 12.0. The average molecular weight is 336 g/mol. The van der Waals surface area contributed by atoms with Gasteiger partial charge in [0.1, 0.15) is 5.92 Å². The lowest BCUT2D eigenvalue weighted by atomic mass is 9.72. The average Bonchev–Trinajstić information content (AvgIpc) is 2.44. The van der Waals surface area contributed by atoms with Crippen molar-refractivity contribution in [3.8, 4) is 12.1 Å². The van der Waals surface area contributed by atoms with Crippen LogP contribution in [-0.2, 0) is 14.3 Å². The molecule has 0 unspecified atom stereocenters. The zero-order valence-corrected chi connectivity index (χ0v) is 14.4. The molecule has 0 fully saturated rings. The molecule has 2 amide bonds. The first-order valence-corrected chi connectivity index (χ1v) is 8.02. The van der Waals surface area contributed by atoms with Crippen molar-refractivity contribution >= 4 is 23.6 Å². The van der Waals surface area contributed by atoms with Gasteiger partial charge in [-0.3, -0.25) is 9.59 Å². The zero-order chi connectivity index (χ0) is 17.6. The Morgan fingerprint density at radius 3 is 2.70 bits per heavy atom. The highest BCUT2D eigenvalue weighted by Gasteiger charge is 2.44. The Morgan fingerprint density at radius 2 is 2.17 bits per heavy atom. The summed E-state index contributed by atoms with van der Waals surface area (Å²) in [5.41, 5.74) is -0.583. The number of carbonyl (C=O) groups is 2. The first kappa shape index (κ1) is 19.0. The van der Waals surface area contributed by atoms with E-state index >= 15 is 0 Å². The second-order valence-electron chi connectivity index (χ2n) is 5.80. The number of amides is 2. The molecule has 0 saturated carbocycles. The highest BCUT2D eigenvalue weighted by atomic mass is 32.2. The Kier molecular flexibility index (Phi) is 6.62. The Bertz CT molecular complexity index is 601. The summed E-state index contributed by atoms with van der Waals surface area (Å²) in [4.78, 5) is 23.9. The molecule has 0 bridgehead atoms. The van der Waals surface area contributed by atoms with Gasteiger partial charge in [0.2, 0.25) is 11.8 Å². The molecule has 23 heavy (non-hydrogen) atoms. The largest absolute Gasteiger partial charge is 0.383 e. The fraction of sp³-hybridized carbons (Fsp3) is 0.600. The summed E-state index contributed by atoms with van der Waals surface area (Å²) in [7, 11) is 1.55. The van der Waals surface area contributed by atoms with Crippen molar-refractivity contribution < 1.29 is 14.3 Å². The number of allylic oxidation sites excluding steroid dienone is 1. The highest BCUT2D eigenvalue weighted by molar-refractivity contribution is 8.03. The number of nitrogens with zero attached hydrogens (tertiary/aromatic N) is 2. The van der Waals surface area contributed by atoms with Gasteiger partial charge in [-0.1, -0.05) is 25.6 Å². The fourth-order valence-electron chi connectivity index (χ4n) is 2.28. The van der Waals surface area contributed by atoms with Crippen molar-refractivity contribution in [2.75, 3.05) is 19.5 Å². The van der Waals surface area contributed by atoms with Crippen LogP contribution in [0.4, 0.5) is 0 Å². The van der Waals surface area contributed by atoms with E-state index in [9.17, 15) is 14.9 Å². The lowest BCUT2D eigenvalue weighted by Gasteiger charge is -2.34. The topological polar surface area (TPSA) is 115 Å². The molecule has 124 valence electrons. The van der Waals surface area contributed by atoms with Crippen LogP contribution in [0.15, 0.2) is 10.6 Å². The number of carbonyl (C=O) groups excluding carboxylic acids is 2. The van der Waals surface area contributed by atoms with Crippen LogP contribution < -0.4 is 10.6 Å². The number of rotatable bonds is 6. The number of ether oxygens (including phenoxy) is 1. The summed E-state index contributed by atoms with van der Waals surface area (Å²) in [6.45, 7) is 5.57. The molecule has 1 aliphatic rings. The van der Waals surface area contributed by atoms with Gasteiger partial charge in [0.05, 0.1) is 35.1 Å². The van der Waals surface area contributed by atoms with Crippen LogP contribution in [0.2, 0.25) is 0 Å². The minimum Gasteiger partial charge on any atom is -0.383 e. The SMILES string of the molecule is COC[C@@H](C)NC(=O)CSC1=C(C#N)C(C)(C)[C@@H](C#N)C(=O)N1. The lowest BCUT2D eigenvalue weighted by molar-refractivity contribution is -0.125. The molecule has 8 heteroatoms. The second kappa shape index (κ2) is 8.00. The number of thioether (sulfide) groups is 1. The summed E-state index contributed by atoms with van der Waals surface area (Å²) in [6, 6.07) is 3.86. The first-order chi connectivity index (χ1) is 10.8. The molecule has 7 nitrogen and oxygen atoms in total. The van der Waals surface area contributed by atoms with Crippen LogP contribution in [0.5, 0.6) is 0 Å². The van der Waals surface area contributed by atoms with Crippen molar-refractivity contribution in [3.63, 3.8) is 0 Å². The Morgan fingerprint density at radius 1 is 1.52 bits per heavy atom. The summed E-state index contributed by atoms with van der Waals surface area (Å²) >= 11 is 1.08. The van der Waals surface area contributed by atoms with E-state index in [4.69, 9.17) is 10.00 Å². The number of hydrogen-bond acceptors (Lipinski definition) is 6. The summed E-state index contributed by atoms with van der Waals surface area (Å²) in [6.07, 6.45) is 0. The van der Waals surface area contributed by atoms with Crippen LogP contribution in [0, 0.1) is 34.0 Å². The van der Waals surface area contributed by atoms with Gasteiger partial charge >= 0.3 is 0 Å². The van der Waals surface area contributed by atoms with Gasteiger partial charge < -0.3 is 15.4 Å². The van der Waals surface area contributed by atoms with Crippen molar-refractivity contribution in [2.24, 2.45) is 11.3 Å². The van der Waals surface area contributed by atoms with E-state index in [0.29, 0.717) is 17.2 Å². The number of nitriles is 2. The number of methoxy groups -OCH3 is 1. The van der Waals surface area contributed by atoms with Crippen LogP contribution in [-0.4, -0.2) is 37.3 Å². The Balaban J connectivity index is 2.84. The van der Waals surface area contributed by atoms with Gasteiger partial charge in [-0.05, 0) is 6.92 Å². The number of hydrogen-bond donors (Lipinski definition) is 2. The third-order valence-electron chi connectivity index (χ3n) is 3.50. The molecule has 1 heterocycles. The van der Waals surface area contributed by atoms with E-state index in [1.807, 2.05) is 13.0 Å². The third kappa shape index (κ3) is 4.47. The molecule has 0 aliphatic carbocycles. The maximum Gasteiger partial charge on any atom is 0.243 e. The number of nitrogens with one attached hydrogen (secondary N) is 2. The molecule has 0 aromatic rings. The fourth-order valence-corrected chi connectivity index (χ4v) is 3.26. The van der Waals surface area contributed by atoms with E-state index in [1.54, 1.807) is 21.0 Å². The predicted octanol–water partition coefficient (Wildman–Crippen LogP) is 0.902. The molecular formula is C15H20N4O3S. The van der Waals surface area contributed by atoms with Crippen LogP contribution in [0.25, 0.3) is 0 Å². The molecule has 0 radical (unpaired) electrons. The van der Waals surface area contributed by atoms with Crippen molar-refractivity contribution in [3.05, 3.63) is 10.6 Å². The van der Waals surface area contributed by atoms with E-state index in [2.05, 4.69) is 16.7 Å². The molecule has 0 spiro atoms. The van der Waals surface area contributed by atoms with Gasteiger partial charge in [0.15, 0.2) is 0 Å². The molecule has 0 aromatic carbocycles. The standard InChI is InChI=1S/C15H20N4O3S/c1-9(7-22-4)18-12(20)8-23-14-11(6-17)15(2,3)10(5-16)13(21)19-14/h9-10H,7-8H2,1-4H3,(H,18,20)(H,19,21)/t9-,10+/m1/s1. The minimum atomic E-state index is -0.933. The van der Waals surface area contributed by atoms with Crippen molar-refractivity contribution in [1.82, 2.24) is 10.6 Å². The maximum absolute atomic E-state index is 12.0. The molecule has 1 rings (SSSR count). The first-order valence-electron chi connectivity index (χ1n) is 7.04. The zero-order valence-electron chi connectivity index (χ0n) is 13.6. The van der Waals surface area contributed by atoms with Crippen LogP contribution in [0.1, 0.15) is 20.8 Å². The molecule has 1 aliphatic heterocycles. The molecule has 0 saturated heterocycles. The predicted molar refractivity (Wildman–Crippen MR) is 85.6 cm³/mol. The molecule has 2 N–H and O–H groups in total. The van der Waals surface area contributed by atoms with Gasteiger partial charge in [-0.25, -0.2) is 0 Å². The molecule has 2 atom stereocenters. The lowest BCUT2D eigenvalue weighted by Crippen LogP contribution is -2.45. The van der Waals surface area contributed by atoms with E-state index in [0.717, 1.165) is 11.8 Å². The van der Waals surface area contributed by atoms with Crippen molar-refractivity contribution in [2.45, 2.75) is 26.8 Å². The van der Waals surface area contributed by atoms with Crippen LogP contribution in [0.3, 0.4) is 0 Å². The van der Waals surface area contributed by atoms with E-state index in [1.165, 1.54) is 0 Å². The highest BCUT2D eigenvalue weighted by Crippen LogP contribution is 2.41. The van der Waals surface area contributed by atoms with Gasteiger partial charge in [0, 0.05) is 18.6 Å². The summed E-state index contributed by atoms with van der Waals surface area (Å²) in [5, 5.41) is 24.2. The minimum absolute atomic E-state index is 0.0577. The third-order valence-corrected chi connectivity index (χ3v) is 4.51. The quantitative estimate of drug-likeness (QED) is 0.745. The summed E-state index contributed by atoms with van der Waals surface area (Å²) < 4.78 is 4.94. The smallest absolute Gasteiger partial charge is 0.243 e. The van der Waals surface area contributed by atoms with Gasteiger partial charge in [-0.15, -0.1) is 0 Å². The van der Waals surface area contributed by atoms with Crippen LogP contribution >= 0.6 is 11.8 Å².